The number of hydrogen-bond acceptors (Lipinski definition) is 2. The van der Waals surface area contributed by atoms with Crippen LogP contribution < -0.4 is 11.5 Å². The Bertz CT molecular complexity index is 350. The summed E-state index contributed by atoms with van der Waals surface area (Å²) >= 11 is 0. The molecule has 0 aliphatic rings. The van der Waals surface area contributed by atoms with E-state index in [1.165, 1.54) is 6.07 Å². The highest BCUT2D eigenvalue weighted by atomic mass is 19.1. The summed E-state index contributed by atoms with van der Waals surface area (Å²) in [6.07, 6.45) is 0.573. The van der Waals surface area contributed by atoms with Gasteiger partial charge in [0, 0.05) is 18.7 Å². The molecule has 0 unspecified atom stereocenters. The number of anilines is 1. The van der Waals surface area contributed by atoms with Crippen molar-refractivity contribution in [1.29, 1.82) is 0 Å². The summed E-state index contributed by atoms with van der Waals surface area (Å²) < 4.78 is 13.1. The Morgan fingerprint density at radius 1 is 1.38 bits per heavy atom. The molecule has 3 heteroatoms. The Balaban J connectivity index is 2.85. The molecular weight excluding hydrogens is 167 g/mol. The van der Waals surface area contributed by atoms with Gasteiger partial charge < -0.3 is 11.5 Å². The van der Waals surface area contributed by atoms with Gasteiger partial charge in [0.25, 0.3) is 0 Å². The van der Waals surface area contributed by atoms with E-state index in [0.717, 1.165) is 0 Å². The lowest BCUT2D eigenvalue weighted by molar-refractivity contribution is 0.625. The predicted octanol–water partition coefficient (Wildman–Crippen LogP) is 1.11. The van der Waals surface area contributed by atoms with Crippen LogP contribution in [0.15, 0.2) is 18.2 Å². The van der Waals surface area contributed by atoms with E-state index >= 15 is 0 Å². The summed E-state index contributed by atoms with van der Waals surface area (Å²) in [6.45, 7) is 0.490. The standard InChI is InChI=1S/C10H11FN2/c11-10-7-9(13)5-4-8(10)3-1-2-6-12/h4-5,7H,2,6,12-13H2. The van der Waals surface area contributed by atoms with Gasteiger partial charge in [-0.05, 0) is 18.2 Å². The quantitative estimate of drug-likeness (QED) is 0.500. The number of nitrogen functional groups attached to an aromatic ring is 1. The second kappa shape index (κ2) is 4.48. The first-order valence-electron chi connectivity index (χ1n) is 3.98. The normalized spacial score (nSPS) is 9.08. The minimum Gasteiger partial charge on any atom is -0.399 e. The number of nitrogens with two attached hydrogens (primary N) is 2. The SMILES string of the molecule is NCCC#Cc1ccc(N)cc1F. The molecule has 0 spiro atoms. The van der Waals surface area contributed by atoms with E-state index in [1.54, 1.807) is 12.1 Å². The van der Waals surface area contributed by atoms with Gasteiger partial charge in [0.1, 0.15) is 5.82 Å². The van der Waals surface area contributed by atoms with Crippen LogP contribution in [0.3, 0.4) is 0 Å². The Morgan fingerprint density at radius 3 is 2.77 bits per heavy atom. The summed E-state index contributed by atoms with van der Waals surface area (Å²) in [7, 11) is 0. The van der Waals surface area contributed by atoms with Crippen molar-refractivity contribution in [1.82, 2.24) is 0 Å². The zero-order valence-corrected chi connectivity index (χ0v) is 7.18. The Morgan fingerprint density at radius 2 is 2.15 bits per heavy atom. The number of rotatable bonds is 1. The van der Waals surface area contributed by atoms with E-state index in [-0.39, 0.29) is 5.82 Å². The van der Waals surface area contributed by atoms with Crippen LogP contribution in [-0.2, 0) is 0 Å². The largest absolute Gasteiger partial charge is 0.399 e. The molecule has 0 atom stereocenters. The lowest BCUT2D eigenvalue weighted by Gasteiger charge is -1.95. The maximum Gasteiger partial charge on any atom is 0.140 e. The fraction of sp³-hybridized carbons (Fsp3) is 0.200. The van der Waals surface area contributed by atoms with E-state index < -0.39 is 0 Å². The topological polar surface area (TPSA) is 52.0 Å². The molecule has 0 radical (unpaired) electrons. The van der Waals surface area contributed by atoms with Crippen LogP contribution in [0.1, 0.15) is 12.0 Å². The van der Waals surface area contributed by atoms with Gasteiger partial charge in [-0.25, -0.2) is 4.39 Å². The molecule has 0 aromatic heterocycles. The van der Waals surface area contributed by atoms with Crippen molar-refractivity contribution in [2.45, 2.75) is 6.42 Å². The minimum atomic E-state index is -0.385. The van der Waals surface area contributed by atoms with Crippen molar-refractivity contribution in [3.63, 3.8) is 0 Å². The summed E-state index contributed by atoms with van der Waals surface area (Å²) in [5.74, 6) is 5.05. The van der Waals surface area contributed by atoms with Gasteiger partial charge in [-0.2, -0.15) is 0 Å². The third-order valence-electron chi connectivity index (χ3n) is 1.49. The van der Waals surface area contributed by atoms with Gasteiger partial charge in [0.2, 0.25) is 0 Å². The van der Waals surface area contributed by atoms with E-state index in [0.29, 0.717) is 24.2 Å². The zero-order valence-electron chi connectivity index (χ0n) is 7.18. The van der Waals surface area contributed by atoms with E-state index in [2.05, 4.69) is 11.8 Å². The van der Waals surface area contributed by atoms with Crippen molar-refractivity contribution < 1.29 is 4.39 Å². The number of benzene rings is 1. The Labute approximate surface area is 76.7 Å². The fourth-order valence-corrected chi connectivity index (χ4v) is 0.863. The van der Waals surface area contributed by atoms with E-state index in [9.17, 15) is 4.39 Å². The molecule has 0 heterocycles. The molecule has 0 fully saturated rings. The maximum absolute atomic E-state index is 13.1. The van der Waals surface area contributed by atoms with Gasteiger partial charge in [-0.15, -0.1) is 0 Å². The molecule has 13 heavy (non-hydrogen) atoms. The fourth-order valence-electron chi connectivity index (χ4n) is 0.863. The molecule has 2 nitrogen and oxygen atoms in total. The van der Waals surface area contributed by atoms with Crippen molar-refractivity contribution in [3.8, 4) is 11.8 Å². The molecule has 1 rings (SSSR count). The highest BCUT2D eigenvalue weighted by Gasteiger charge is 1.97. The number of halogens is 1. The molecule has 0 aliphatic heterocycles. The first-order valence-corrected chi connectivity index (χ1v) is 3.98. The second-order valence-corrected chi connectivity index (χ2v) is 2.58. The van der Waals surface area contributed by atoms with Gasteiger partial charge in [-0.3, -0.25) is 0 Å². The average Bonchev–Trinajstić information content (AvgIpc) is 2.09. The van der Waals surface area contributed by atoms with Gasteiger partial charge in [0.15, 0.2) is 0 Å². The van der Waals surface area contributed by atoms with E-state index in [1.807, 2.05) is 0 Å². The maximum atomic E-state index is 13.1. The molecule has 0 saturated carbocycles. The van der Waals surface area contributed by atoms with Crippen LogP contribution >= 0.6 is 0 Å². The molecule has 0 amide bonds. The van der Waals surface area contributed by atoms with Crippen LogP contribution in [0.4, 0.5) is 10.1 Å². The number of hydrogen-bond donors (Lipinski definition) is 2. The Kier molecular flexibility index (Phi) is 3.30. The highest BCUT2D eigenvalue weighted by Crippen LogP contribution is 2.10. The Hall–Kier alpha value is -1.53. The molecule has 4 N–H and O–H groups in total. The van der Waals surface area contributed by atoms with Gasteiger partial charge in [0.05, 0.1) is 5.56 Å². The average molecular weight is 178 g/mol. The summed E-state index contributed by atoms with van der Waals surface area (Å²) in [6, 6.07) is 4.44. The first kappa shape index (κ1) is 9.56. The molecule has 68 valence electrons. The molecule has 1 aromatic rings. The van der Waals surface area contributed by atoms with Crippen molar-refractivity contribution in [2.75, 3.05) is 12.3 Å². The zero-order chi connectivity index (χ0) is 9.68. The van der Waals surface area contributed by atoms with Gasteiger partial charge >= 0.3 is 0 Å². The highest BCUT2D eigenvalue weighted by molar-refractivity contribution is 5.45. The minimum absolute atomic E-state index is 0.364. The third kappa shape index (κ3) is 2.77. The van der Waals surface area contributed by atoms with Crippen molar-refractivity contribution in [3.05, 3.63) is 29.6 Å². The lowest BCUT2D eigenvalue weighted by Crippen LogP contribution is -1.95. The molecule has 0 saturated heterocycles. The molecule has 0 bridgehead atoms. The molecular formula is C10H11FN2. The summed E-state index contributed by atoms with van der Waals surface area (Å²) in [4.78, 5) is 0. The van der Waals surface area contributed by atoms with Crippen molar-refractivity contribution in [2.24, 2.45) is 5.73 Å². The lowest BCUT2D eigenvalue weighted by atomic mass is 10.2. The third-order valence-corrected chi connectivity index (χ3v) is 1.49. The van der Waals surface area contributed by atoms with Crippen LogP contribution in [0.5, 0.6) is 0 Å². The van der Waals surface area contributed by atoms with Crippen molar-refractivity contribution >= 4 is 5.69 Å². The van der Waals surface area contributed by atoms with Crippen LogP contribution in [0, 0.1) is 17.7 Å². The van der Waals surface area contributed by atoms with E-state index in [4.69, 9.17) is 11.5 Å². The second-order valence-electron chi connectivity index (χ2n) is 2.58. The van der Waals surface area contributed by atoms with Crippen LogP contribution in [-0.4, -0.2) is 6.54 Å². The predicted molar refractivity (Wildman–Crippen MR) is 51.4 cm³/mol. The molecule has 1 aromatic carbocycles. The smallest absolute Gasteiger partial charge is 0.140 e. The monoisotopic (exact) mass is 178 g/mol. The van der Waals surface area contributed by atoms with Gasteiger partial charge in [-0.1, -0.05) is 11.8 Å². The summed E-state index contributed by atoms with van der Waals surface area (Å²) in [5, 5.41) is 0. The van der Waals surface area contributed by atoms with Crippen LogP contribution in [0.25, 0.3) is 0 Å². The first-order chi connectivity index (χ1) is 6.24. The van der Waals surface area contributed by atoms with Crippen LogP contribution in [0.2, 0.25) is 0 Å². The molecule has 0 aliphatic carbocycles. The summed E-state index contributed by atoms with van der Waals surface area (Å²) in [5.41, 5.74) is 11.4.